The molecule has 0 saturated heterocycles. The first-order valence-corrected chi connectivity index (χ1v) is 5.53. The molecule has 1 aromatic rings. The van der Waals surface area contributed by atoms with Gasteiger partial charge in [-0.2, -0.15) is 0 Å². The van der Waals surface area contributed by atoms with Gasteiger partial charge >= 0.3 is 5.97 Å². The van der Waals surface area contributed by atoms with Crippen LogP contribution in [0.2, 0.25) is 0 Å². The highest BCUT2D eigenvalue weighted by Gasteiger charge is 2.20. The number of carbonyl (C=O) groups is 2. The van der Waals surface area contributed by atoms with Crippen molar-refractivity contribution in [3.63, 3.8) is 0 Å². The molecule has 0 radical (unpaired) electrons. The van der Waals surface area contributed by atoms with Crippen LogP contribution in [-0.4, -0.2) is 32.6 Å². The molecule has 1 atom stereocenters. The Morgan fingerprint density at radius 1 is 1.59 bits per heavy atom. The maximum Gasteiger partial charge on any atom is 0.326 e. The van der Waals surface area contributed by atoms with Gasteiger partial charge in [0.1, 0.15) is 6.04 Å². The van der Waals surface area contributed by atoms with E-state index < -0.39 is 12.0 Å². The van der Waals surface area contributed by atoms with Gasteiger partial charge in [-0.3, -0.25) is 4.79 Å². The summed E-state index contributed by atoms with van der Waals surface area (Å²) < 4.78 is 1.90. The number of nitrogens with one attached hydrogen (secondary N) is 1. The van der Waals surface area contributed by atoms with E-state index in [9.17, 15) is 9.59 Å². The zero-order valence-corrected chi connectivity index (χ0v) is 10.0. The Labute approximate surface area is 99.7 Å². The van der Waals surface area contributed by atoms with Crippen molar-refractivity contribution in [3.8, 4) is 0 Å². The number of hydrogen-bond donors (Lipinski definition) is 2. The van der Waals surface area contributed by atoms with E-state index in [-0.39, 0.29) is 12.3 Å². The second-order valence-corrected chi connectivity index (χ2v) is 3.87. The number of aromatic nitrogens is 2. The molecular weight excluding hydrogens is 222 g/mol. The van der Waals surface area contributed by atoms with Gasteiger partial charge < -0.3 is 15.0 Å². The number of aliphatic carboxylic acids is 1. The summed E-state index contributed by atoms with van der Waals surface area (Å²) in [4.78, 5) is 25.9. The van der Waals surface area contributed by atoms with E-state index in [4.69, 9.17) is 5.11 Å². The van der Waals surface area contributed by atoms with E-state index in [1.807, 2.05) is 11.5 Å². The molecule has 0 aromatic carbocycles. The van der Waals surface area contributed by atoms with Crippen LogP contribution in [0, 0.1) is 0 Å². The minimum atomic E-state index is -1.04. The zero-order valence-electron chi connectivity index (χ0n) is 10.0. The average Bonchev–Trinajstić information content (AvgIpc) is 2.64. The smallest absolute Gasteiger partial charge is 0.326 e. The van der Waals surface area contributed by atoms with Crippen molar-refractivity contribution in [1.82, 2.24) is 14.9 Å². The number of aryl methyl sites for hydroxylation is 1. The van der Waals surface area contributed by atoms with Crippen molar-refractivity contribution in [3.05, 3.63) is 18.2 Å². The van der Waals surface area contributed by atoms with Gasteiger partial charge in [0.25, 0.3) is 0 Å². The zero-order chi connectivity index (χ0) is 12.8. The number of imidazole rings is 1. The van der Waals surface area contributed by atoms with Crippen molar-refractivity contribution in [2.75, 3.05) is 0 Å². The lowest BCUT2D eigenvalue weighted by Crippen LogP contribution is -2.41. The predicted octanol–water partition coefficient (Wildman–Crippen LogP) is 0.425. The second-order valence-electron chi connectivity index (χ2n) is 3.87. The molecule has 1 aromatic heterocycles. The van der Waals surface area contributed by atoms with E-state index in [1.165, 1.54) is 6.92 Å². The van der Waals surface area contributed by atoms with Crippen LogP contribution in [0.1, 0.15) is 26.0 Å². The van der Waals surface area contributed by atoms with Crippen LogP contribution < -0.4 is 5.32 Å². The number of nitrogens with zero attached hydrogens (tertiary/aromatic N) is 2. The van der Waals surface area contributed by atoms with Crippen LogP contribution in [0.5, 0.6) is 0 Å². The summed E-state index contributed by atoms with van der Waals surface area (Å²) in [5.74, 6) is -1.39. The molecule has 1 amide bonds. The molecule has 0 fully saturated rings. The predicted molar refractivity (Wildman–Crippen MR) is 61.5 cm³/mol. The van der Waals surface area contributed by atoms with E-state index in [1.54, 1.807) is 12.5 Å². The Balaban J connectivity index is 2.74. The molecule has 0 aliphatic carbocycles. The van der Waals surface area contributed by atoms with Crippen molar-refractivity contribution in [2.45, 2.75) is 39.3 Å². The summed E-state index contributed by atoms with van der Waals surface area (Å²) in [5.41, 5.74) is 0.813. The lowest BCUT2D eigenvalue weighted by molar-refractivity contribution is -0.141. The van der Waals surface area contributed by atoms with Gasteiger partial charge in [0, 0.05) is 31.8 Å². The molecule has 1 heterocycles. The molecule has 1 unspecified atom stereocenters. The van der Waals surface area contributed by atoms with Crippen LogP contribution in [0.4, 0.5) is 0 Å². The van der Waals surface area contributed by atoms with Crippen molar-refractivity contribution in [1.29, 1.82) is 0 Å². The minimum Gasteiger partial charge on any atom is -0.480 e. The molecule has 0 spiro atoms. The summed E-state index contributed by atoms with van der Waals surface area (Å²) >= 11 is 0. The monoisotopic (exact) mass is 239 g/mol. The molecule has 0 aliphatic rings. The molecule has 0 saturated carbocycles. The van der Waals surface area contributed by atoms with Gasteiger partial charge in [0.05, 0.1) is 6.33 Å². The van der Waals surface area contributed by atoms with Crippen LogP contribution in [0.3, 0.4) is 0 Å². The number of hydrogen-bond acceptors (Lipinski definition) is 3. The third-order valence-electron chi connectivity index (χ3n) is 2.35. The summed E-state index contributed by atoms with van der Waals surface area (Å²) in [7, 11) is 0. The highest BCUT2D eigenvalue weighted by molar-refractivity contribution is 5.82. The Kier molecular flexibility index (Phi) is 4.68. The molecule has 0 aliphatic heterocycles. The number of carboxylic acid groups (broad SMARTS) is 1. The standard InChI is InChI=1S/C11H17N3O3/c1-3-4-14-7-12-6-9(14)5-10(11(16)17)13-8(2)15/h6-7,10H,3-5H2,1-2H3,(H,13,15)(H,16,17). The van der Waals surface area contributed by atoms with Crippen molar-refractivity contribution in [2.24, 2.45) is 0 Å². The Morgan fingerprint density at radius 2 is 2.29 bits per heavy atom. The lowest BCUT2D eigenvalue weighted by atomic mass is 10.1. The van der Waals surface area contributed by atoms with Crippen molar-refractivity contribution < 1.29 is 14.7 Å². The van der Waals surface area contributed by atoms with Gasteiger partial charge in [-0.15, -0.1) is 0 Å². The van der Waals surface area contributed by atoms with E-state index >= 15 is 0 Å². The number of rotatable bonds is 6. The quantitative estimate of drug-likeness (QED) is 0.753. The molecule has 6 nitrogen and oxygen atoms in total. The van der Waals surface area contributed by atoms with Gasteiger partial charge in [-0.1, -0.05) is 6.92 Å². The third kappa shape index (κ3) is 3.90. The number of carbonyl (C=O) groups excluding carboxylic acids is 1. The highest BCUT2D eigenvalue weighted by Crippen LogP contribution is 2.05. The van der Waals surface area contributed by atoms with Gasteiger partial charge in [0.15, 0.2) is 0 Å². The fraction of sp³-hybridized carbons (Fsp3) is 0.545. The summed E-state index contributed by atoms with van der Waals surface area (Å²) in [6.07, 6.45) is 4.50. The minimum absolute atomic E-state index is 0.245. The first-order valence-electron chi connectivity index (χ1n) is 5.53. The van der Waals surface area contributed by atoms with Crippen LogP contribution in [0.15, 0.2) is 12.5 Å². The third-order valence-corrected chi connectivity index (χ3v) is 2.35. The van der Waals surface area contributed by atoms with Crippen LogP contribution in [0.25, 0.3) is 0 Å². The summed E-state index contributed by atoms with van der Waals surface area (Å²) in [6.45, 7) is 4.13. The van der Waals surface area contributed by atoms with Gasteiger partial charge in [-0.25, -0.2) is 9.78 Å². The first kappa shape index (κ1) is 13.2. The SMILES string of the molecule is CCCn1cncc1CC(NC(C)=O)C(=O)O. The molecule has 1 rings (SSSR count). The molecule has 94 valence electrons. The largest absolute Gasteiger partial charge is 0.480 e. The van der Waals surface area contributed by atoms with Gasteiger partial charge in [0.2, 0.25) is 5.91 Å². The molecule has 17 heavy (non-hydrogen) atoms. The fourth-order valence-electron chi connectivity index (χ4n) is 1.61. The lowest BCUT2D eigenvalue weighted by Gasteiger charge is -2.14. The molecule has 0 bridgehead atoms. The molecule has 6 heteroatoms. The second kappa shape index (κ2) is 6.03. The maximum absolute atomic E-state index is 11.0. The van der Waals surface area contributed by atoms with Crippen LogP contribution in [-0.2, 0) is 22.6 Å². The Morgan fingerprint density at radius 3 is 2.82 bits per heavy atom. The fourth-order valence-corrected chi connectivity index (χ4v) is 1.61. The Bertz CT molecular complexity index is 400. The number of carboxylic acids is 1. The molecular formula is C11H17N3O3. The summed E-state index contributed by atoms with van der Waals surface area (Å²) in [5, 5.41) is 11.4. The highest BCUT2D eigenvalue weighted by atomic mass is 16.4. The van der Waals surface area contributed by atoms with E-state index in [0.29, 0.717) is 0 Å². The Hall–Kier alpha value is -1.85. The number of amides is 1. The first-order chi connectivity index (χ1) is 8.04. The summed E-state index contributed by atoms with van der Waals surface area (Å²) in [6, 6.07) is -0.903. The van der Waals surface area contributed by atoms with E-state index in [0.717, 1.165) is 18.7 Å². The topological polar surface area (TPSA) is 84.2 Å². The molecule has 2 N–H and O–H groups in total. The maximum atomic E-state index is 11.0. The van der Waals surface area contributed by atoms with Crippen molar-refractivity contribution >= 4 is 11.9 Å². The normalized spacial score (nSPS) is 12.1. The van der Waals surface area contributed by atoms with Gasteiger partial charge in [-0.05, 0) is 6.42 Å². The average molecular weight is 239 g/mol. The van der Waals surface area contributed by atoms with E-state index in [2.05, 4.69) is 10.3 Å². The van der Waals surface area contributed by atoms with Crippen LogP contribution >= 0.6 is 0 Å².